The first kappa shape index (κ1) is 34.5. The Morgan fingerprint density at radius 1 is 0.339 bits per heavy atom. The van der Waals surface area contributed by atoms with Crippen molar-refractivity contribution < 1.29 is 4.42 Å². The monoisotopic (exact) mass is 790 g/mol. The number of furan rings is 1. The van der Waals surface area contributed by atoms with Gasteiger partial charge in [-0.3, -0.25) is 0 Å². The van der Waals surface area contributed by atoms with Gasteiger partial charge in [-0.2, -0.15) is 0 Å². The van der Waals surface area contributed by atoms with E-state index in [0.717, 1.165) is 88.0 Å². The minimum atomic E-state index is 0.573. The third-order valence-electron chi connectivity index (χ3n) is 12.4. The summed E-state index contributed by atoms with van der Waals surface area (Å²) >= 11 is 0. The molecular formula is C57H34N4O. The maximum Gasteiger partial charge on any atom is 0.164 e. The molecular weight excluding hydrogens is 757 g/mol. The molecule has 5 nitrogen and oxygen atoms in total. The van der Waals surface area contributed by atoms with E-state index in [1.165, 1.54) is 21.5 Å². The fourth-order valence-corrected chi connectivity index (χ4v) is 9.38. The summed E-state index contributed by atoms with van der Waals surface area (Å²) in [4.78, 5) is 15.9. The molecule has 0 saturated heterocycles. The average Bonchev–Trinajstić information content (AvgIpc) is 3.87. The van der Waals surface area contributed by atoms with Crippen LogP contribution in [0.4, 0.5) is 0 Å². The number of aromatic nitrogens is 4. The van der Waals surface area contributed by atoms with Gasteiger partial charge in [-0.1, -0.05) is 152 Å². The topological polar surface area (TPSA) is 56.7 Å². The molecule has 0 aliphatic heterocycles. The molecule has 0 bridgehead atoms. The molecule has 5 heteroatoms. The number of fused-ring (bicyclic) bond motifs is 9. The highest BCUT2D eigenvalue weighted by atomic mass is 16.3. The van der Waals surface area contributed by atoms with Gasteiger partial charge in [0.1, 0.15) is 5.58 Å². The molecule has 13 rings (SSSR count). The van der Waals surface area contributed by atoms with Crippen molar-refractivity contribution in [1.29, 1.82) is 0 Å². The lowest BCUT2D eigenvalue weighted by atomic mass is 10.0. The van der Waals surface area contributed by atoms with E-state index in [-0.39, 0.29) is 0 Å². The smallest absolute Gasteiger partial charge is 0.164 e. The molecule has 3 heterocycles. The standard InChI is InChI=1S/C57H34N4O/c1-2-13-35(14-3-1)38-21-12-22-43(29-38)55-58-56(44-26-25-36-15-4-5-16-37(36)30-44)60-57(59-55)46-27-28-50(54-53(46)48-32-40-18-7-9-20-42(40)34-52(48)62-54)61-49-24-11-10-23-45(49)47-31-39-17-6-8-19-41(39)33-51(47)61/h1-34H. The molecule has 10 aromatic carbocycles. The van der Waals surface area contributed by atoms with Crippen LogP contribution in [0.2, 0.25) is 0 Å². The van der Waals surface area contributed by atoms with E-state index in [1.807, 2.05) is 6.07 Å². The van der Waals surface area contributed by atoms with E-state index in [0.29, 0.717) is 17.5 Å². The van der Waals surface area contributed by atoms with Crippen molar-refractivity contribution in [2.75, 3.05) is 0 Å². The van der Waals surface area contributed by atoms with Crippen molar-refractivity contribution in [2.45, 2.75) is 0 Å². The van der Waals surface area contributed by atoms with Gasteiger partial charge in [0.15, 0.2) is 23.1 Å². The van der Waals surface area contributed by atoms with Crippen LogP contribution in [0, 0.1) is 0 Å². The average molecular weight is 791 g/mol. The maximum atomic E-state index is 7.11. The van der Waals surface area contributed by atoms with Crippen LogP contribution in [0.15, 0.2) is 211 Å². The molecule has 3 aromatic heterocycles. The lowest BCUT2D eigenvalue weighted by Gasteiger charge is -2.13. The number of benzene rings is 10. The summed E-state index contributed by atoms with van der Waals surface area (Å²) in [5, 5.41) is 11.3. The van der Waals surface area contributed by atoms with E-state index in [2.05, 4.69) is 205 Å². The van der Waals surface area contributed by atoms with Crippen LogP contribution in [0.25, 0.3) is 127 Å². The largest absolute Gasteiger partial charge is 0.454 e. The normalized spacial score (nSPS) is 11.9. The second-order valence-corrected chi connectivity index (χ2v) is 16.0. The third kappa shape index (κ3) is 5.45. The Bertz CT molecular complexity index is 3940. The second-order valence-electron chi connectivity index (χ2n) is 16.0. The highest BCUT2D eigenvalue weighted by Gasteiger charge is 2.24. The van der Waals surface area contributed by atoms with Crippen molar-refractivity contribution in [2.24, 2.45) is 0 Å². The molecule has 0 amide bonds. The zero-order valence-corrected chi connectivity index (χ0v) is 33.3. The first-order chi connectivity index (χ1) is 30.7. The fourth-order valence-electron chi connectivity index (χ4n) is 9.38. The molecule has 0 radical (unpaired) electrons. The van der Waals surface area contributed by atoms with Gasteiger partial charge in [0.05, 0.1) is 16.7 Å². The SMILES string of the molecule is c1ccc(-c2cccc(-c3nc(-c4ccc5ccccc5c4)nc(-c4ccc(-n5c6ccccc6c6cc7ccccc7cc65)c5oc6cc7ccccc7cc6c45)n3)c2)cc1. The van der Waals surface area contributed by atoms with Gasteiger partial charge < -0.3 is 8.98 Å². The molecule has 0 N–H and O–H groups in total. The van der Waals surface area contributed by atoms with Crippen LogP contribution in [-0.2, 0) is 0 Å². The van der Waals surface area contributed by atoms with Gasteiger partial charge in [0.2, 0.25) is 0 Å². The summed E-state index contributed by atoms with van der Waals surface area (Å²) in [6, 6.07) is 72.8. The summed E-state index contributed by atoms with van der Waals surface area (Å²) in [5.41, 5.74) is 9.66. The van der Waals surface area contributed by atoms with Gasteiger partial charge in [-0.05, 0) is 98.0 Å². The Morgan fingerprint density at radius 2 is 0.919 bits per heavy atom. The first-order valence-corrected chi connectivity index (χ1v) is 20.9. The molecule has 62 heavy (non-hydrogen) atoms. The van der Waals surface area contributed by atoms with E-state index in [4.69, 9.17) is 19.4 Å². The van der Waals surface area contributed by atoms with Crippen molar-refractivity contribution in [3.8, 4) is 51.0 Å². The van der Waals surface area contributed by atoms with Crippen LogP contribution < -0.4 is 0 Å². The predicted octanol–water partition coefficient (Wildman–Crippen LogP) is 15.0. The van der Waals surface area contributed by atoms with Gasteiger partial charge in [-0.25, -0.2) is 15.0 Å². The van der Waals surface area contributed by atoms with E-state index in [9.17, 15) is 0 Å². The Morgan fingerprint density at radius 3 is 1.69 bits per heavy atom. The predicted molar refractivity (Wildman–Crippen MR) is 256 cm³/mol. The van der Waals surface area contributed by atoms with Crippen molar-refractivity contribution >= 4 is 76.1 Å². The van der Waals surface area contributed by atoms with E-state index < -0.39 is 0 Å². The van der Waals surface area contributed by atoms with Gasteiger partial charge in [0, 0.05) is 38.2 Å². The Kier molecular flexibility index (Phi) is 7.54. The zero-order chi connectivity index (χ0) is 40.7. The molecule has 0 fully saturated rings. The second kappa shape index (κ2) is 13.6. The Balaban J connectivity index is 1.11. The summed E-state index contributed by atoms with van der Waals surface area (Å²) in [6.45, 7) is 0. The van der Waals surface area contributed by atoms with E-state index >= 15 is 0 Å². The Labute approximate surface area is 355 Å². The summed E-state index contributed by atoms with van der Waals surface area (Å²) < 4.78 is 9.47. The molecule has 0 atom stereocenters. The van der Waals surface area contributed by atoms with Crippen molar-refractivity contribution in [3.05, 3.63) is 206 Å². The lowest BCUT2D eigenvalue weighted by Crippen LogP contribution is -2.01. The highest BCUT2D eigenvalue weighted by Crippen LogP contribution is 2.44. The number of hydrogen-bond acceptors (Lipinski definition) is 4. The summed E-state index contributed by atoms with van der Waals surface area (Å²) in [5.74, 6) is 1.77. The molecule has 0 spiro atoms. The van der Waals surface area contributed by atoms with Gasteiger partial charge >= 0.3 is 0 Å². The number of nitrogens with zero attached hydrogens (tertiary/aromatic N) is 4. The van der Waals surface area contributed by atoms with Gasteiger partial charge in [0.25, 0.3) is 0 Å². The summed E-state index contributed by atoms with van der Waals surface area (Å²) in [6.07, 6.45) is 0. The van der Waals surface area contributed by atoms with Crippen LogP contribution >= 0.6 is 0 Å². The number of hydrogen-bond donors (Lipinski definition) is 0. The van der Waals surface area contributed by atoms with Crippen LogP contribution in [0.1, 0.15) is 0 Å². The minimum absolute atomic E-state index is 0.573. The van der Waals surface area contributed by atoms with Crippen LogP contribution in [0.3, 0.4) is 0 Å². The van der Waals surface area contributed by atoms with Crippen molar-refractivity contribution in [1.82, 2.24) is 19.5 Å². The third-order valence-corrected chi connectivity index (χ3v) is 12.4. The number of para-hydroxylation sites is 1. The molecule has 0 aliphatic carbocycles. The van der Waals surface area contributed by atoms with Gasteiger partial charge in [-0.15, -0.1) is 0 Å². The molecule has 13 aromatic rings. The minimum Gasteiger partial charge on any atom is -0.454 e. The van der Waals surface area contributed by atoms with Crippen molar-refractivity contribution in [3.63, 3.8) is 0 Å². The van der Waals surface area contributed by atoms with Crippen LogP contribution in [0.5, 0.6) is 0 Å². The molecule has 288 valence electrons. The van der Waals surface area contributed by atoms with Crippen LogP contribution in [-0.4, -0.2) is 19.5 Å². The Hall–Kier alpha value is -8.41. The fraction of sp³-hybridized carbons (Fsp3) is 0. The first-order valence-electron chi connectivity index (χ1n) is 20.9. The summed E-state index contributed by atoms with van der Waals surface area (Å²) in [7, 11) is 0. The molecule has 0 saturated carbocycles. The quantitative estimate of drug-likeness (QED) is 0.174. The molecule has 0 aliphatic rings. The maximum absolute atomic E-state index is 7.11. The number of rotatable bonds is 5. The highest BCUT2D eigenvalue weighted by molar-refractivity contribution is 6.19. The van der Waals surface area contributed by atoms with E-state index in [1.54, 1.807) is 0 Å². The zero-order valence-electron chi connectivity index (χ0n) is 33.3. The molecule has 0 unspecified atom stereocenters. The lowest BCUT2D eigenvalue weighted by molar-refractivity contribution is 0.667.